The Morgan fingerprint density at radius 3 is 2.68 bits per heavy atom. The first-order valence-corrected chi connectivity index (χ1v) is 7.55. The Labute approximate surface area is 119 Å². The predicted octanol–water partition coefficient (Wildman–Crippen LogP) is 2.49. The smallest absolute Gasteiger partial charge is 0.234 e. The van der Waals surface area contributed by atoms with Crippen molar-refractivity contribution in [2.75, 3.05) is 24.2 Å². The molecular weight excluding hydrogens is 260 g/mol. The normalized spacial score (nSPS) is 11.9. The molecule has 1 unspecified atom stereocenters. The minimum absolute atomic E-state index is 0.0121. The van der Waals surface area contributed by atoms with Crippen LogP contribution in [0.4, 0.5) is 5.69 Å². The largest absolute Gasteiger partial charge is 0.494 e. The molecule has 19 heavy (non-hydrogen) atoms. The van der Waals surface area contributed by atoms with Crippen LogP contribution in [0, 0.1) is 0 Å². The highest BCUT2D eigenvalue weighted by Crippen LogP contribution is 2.17. The first-order valence-electron chi connectivity index (χ1n) is 6.50. The summed E-state index contributed by atoms with van der Waals surface area (Å²) in [4.78, 5) is 11.7. The third-order valence-corrected chi connectivity index (χ3v) is 3.75. The standard InChI is InChI=1S/C14H22N2O2S/c1-3-18-13-6-4-12(5-7-13)16-14(17)10-19-11(2)8-9-15/h4-7,11H,3,8-10,15H2,1-2H3,(H,16,17). The molecule has 0 aromatic heterocycles. The summed E-state index contributed by atoms with van der Waals surface area (Å²) in [7, 11) is 0. The molecule has 3 N–H and O–H groups in total. The Morgan fingerprint density at radius 1 is 1.42 bits per heavy atom. The number of amides is 1. The van der Waals surface area contributed by atoms with Gasteiger partial charge in [0.05, 0.1) is 12.4 Å². The molecule has 1 rings (SSSR count). The Kier molecular flexibility index (Phi) is 7.36. The van der Waals surface area contributed by atoms with Gasteiger partial charge in [0.1, 0.15) is 5.75 Å². The number of hydrogen-bond acceptors (Lipinski definition) is 4. The lowest BCUT2D eigenvalue weighted by Crippen LogP contribution is -2.16. The minimum Gasteiger partial charge on any atom is -0.494 e. The Bertz CT molecular complexity index is 382. The van der Waals surface area contributed by atoms with Crippen LogP contribution in [0.25, 0.3) is 0 Å². The summed E-state index contributed by atoms with van der Waals surface area (Å²) in [6.07, 6.45) is 0.932. The van der Waals surface area contributed by atoms with Crippen LogP contribution in [0.2, 0.25) is 0 Å². The zero-order valence-corrected chi connectivity index (χ0v) is 12.3. The third-order valence-electron chi connectivity index (χ3n) is 2.52. The van der Waals surface area contributed by atoms with Crippen molar-refractivity contribution < 1.29 is 9.53 Å². The van der Waals surface area contributed by atoms with E-state index in [1.54, 1.807) is 11.8 Å². The summed E-state index contributed by atoms with van der Waals surface area (Å²) < 4.78 is 5.34. The lowest BCUT2D eigenvalue weighted by Gasteiger charge is -2.10. The second-order valence-electron chi connectivity index (χ2n) is 4.20. The molecule has 0 bridgehead atoms. The first-order chi connectivity index (χ1) is 9.15. The third kappa shape index (κ3) is 6.50. The van der Waals surface area contributed by atoms with E-state index < -0.39 is 0 Å². The zero-order chi connectivity index (χ0) is 14.1. The van der Waals surface area contributed by atoms with Crippen molar-refractivity contribution >= 4 is 23.4 Å². The number of rotatable bonds is 8. The summed E-state index contributed by atoms with van der Waals surface area (Å²) in [6, 6.07) is 7.39. The van der Waals surface area contributed by atoms with E-state index in [0.29, 0.717) is 24.2 Å². The van der Waals surface area contributed by atoms with Gasteiger partial charge in [0.15, 0.2) is 0 Å². The number of benzene rings is 1. The number of thioether (sulfide) groups is 1. The van der Waals surface area contributed by atoms with Crippen LogP contribution < -0.4 is 15.8 Å². The van der Waals surface area contributed by atoms with Gasteiger partial charge in [-0.25, -0.2) is 0 Å². The van der Waals surface area contributed by atoms with Gasteiger partial charge in [-0.05, 0) is 44.2 Å². The van der Waals surface area contributed by atoms with E-state index in [-0.39, 0.29) is 5.91 Å². The first kappa shape index (κ1) is 15.9. The molecule has 5 heteroatoms. The molecule has 1 atom stereocenters. The van der Waals surface area contributed by atoms with E-state index in [9.17, 15) is 4.79 Å². The molecule has 0 aliphatic rings. The fourth-order valence-electron chi connectivity index (χ4n) is 1.53. The van der Waals surface area contributed by atoms with Crippen molar-refractivity contribution in [3.8, 4) is 5.75 Å². The fourth-order valence-corrected chi connectivity index (χ4v) is 2.35. The number of nitrogens with one attached hydrogen (secondary N) is 1. The molecule has 0 radical (unpaired) electrons. The second kappa shape index (κ2) is 8.82. The number of carbonyl (C=O) groups excluding carboxylic acids is 1. The zero-order valence-electron chi connectivity index (χ0n) is 11.5. The lowest BCUT2D eigenvalue weighted by molar-refractivity contribution is -0.113. The maximum Gasteiger partial charge on any atom is 0.234 e. The Hall–Kier alpha value is -1.20. The number of hydrogen-bond donors (Lipinski definition) is 2. The SMILES string of the molecule is CCOc1ccc(NC(=O)CSC(C)CCN)cc1. The van der Waals surface area contributed by atoms with Gasteiger partial charge in [0.2, 0.25) is 5.91 Å². The summed E-state index contributed by atoms with van der Waals surface area (Å²) in [5.41, 5.74) is 6.26. The summed E-state index contributed by atoms with van der Waals surface area (Å²) in [5, 5.41) is 3.28. The molecule has 0 spiro atoms. The molecule has 1 aromatic carbocycles. The summed E-state index contributed by atoms with van der Waals surface area (Å²) in [6.45, 7) is 5.33. The van der Waals surface area contributed by atoms with Gasteiger partial charge in [-0.1, -0.05) is 6.92 Å². The van der Waals surface area contributed by atoms with Crippen LogP contribution >= 0.6 is 11.8 Å². The number of anilines is 1. The molecular formula is C14H22N2O2S. The Morgan fingerprint density at radius 2 is 2.11 bits per heavy atom. The fraction of sp³-hybridized carbons (Fsp3) is 0.500. The van der Waals surface area contributed by atoms with Gasteiger partial charge in [0, 0.05) is 10.9 Å². The Balaban J connectivity index is 2.35. The minimum atomic E-state index is 0.0121. The molecule has 0 fully saturated rings. The monoisotopic (exact) mass is 282 g/mol. The van der Waals surface area contributed by atoms with Crippen LogP contribution in [0.3, 0.4) is 0 Å². The average molecular weight is 282 g/mol. The topological polar surface area (TPSA) is 64.3 Å². The van der Waals surface area contributed by atoms with Crippen LogP contribution in [-0.4, -0.2) is 30.1 Å². The van der Waals surface area contributed by atoms with Gasteiger partial charge >= 0.3 is 0 Å². The molecule has 0 heterocycles. The van der Waals surface area contributed by atoms with Crippen LogP contribution in [0.5, 0.6) is 5.75 Å². The highest BCUT2D eigenvalue weighted by atomic mass is 32.2. The molecule has 4 nitrogen and oxygen atoms in total. The molecule has 0 saturated heterocycles. The number of ether oxygens (including phenoxy) is 1. The quantitative estimate of drug-likeness (QED) is 0.769. The molecule has 1 amide bonds. The number of nitrogens with two attached hydrogens (primary N) is 1. The number of carbonyl (C=O) groups is 1. The van der Waals surface area contributed by atoms with E-state index in [2.05, 4.69) is 12.2 Å². The molecule has 0 aliphatic carbocycles. The van der Waals surface area contributed by atoms with Crippen LogP contribution in [0.15, 0.2) is 24.3 Å². The highest BCUT2D eigenvalue weighted by Gasteiger charge is 2.07. The van der Waals surface area contributed by atoms with Crippen molar-refractivity contribution in [1.82, 2.24) is 0 Å². The maximum atomic E-state index is 11.7. The van der Waals surface area contributed by atoms with E-state index in [1.807, 2.05) is 31.2 Å². The molecule has 1 aromatic rings. The lowest BCUT2D eigenvalue weighted by atomic mass is 10.3. The predicted molar refractivity (Wildman–Crippen MR) is 81.8 cm³/mol. The second-order valence-corrected chi connectivity index (χ2v) is 5.63. The molecule has 106 valence electrons. The average Bonchev–Trinajstić information content (AvgIpc) is 2.39. The van der Waals surface area contributed by atoms with Gasteiger partial charge in [0.25, 0.3) is 0 Å². The van der Waals surface area contributed by atoms with Crippen LogP contribution in [-0.2, 0) is 4.79 Å². The molecule has 0 aliphatic heterocycles. The van der Waals surface area contributed by atoms with Gasteiger partial charge < -0.3 is 15.8 Å². The van der Waals surface area contributed by atoms with Gasteiger partial charge in [-0.3, -0.25) is 4.79 Å². The molecule has 0 saturated carbocycles. The summed E-state index contributed by atoms with van der Waals surface area (Å²) >= 11 is 1.62. The maximum absolute atomic E-state index is 11.7. The van der Waals surface area contributed by atoms with Crippen molar-refractivity contribution in [3.63, 3.8) is 0 Å². The van der Waals surface area contributed by atoms with Crippen molar-refractivity contribution in [1.29, 1.82) is 0 Å². The van der Waals surface area contributed by atoms with E-state index >= 15 is 0 Å². The highest BCUT2D eigenvalue weighted by molar-refractivity contribution is 8.00. The van der Waals surface area contributed by atoms with Crippen molar-refractivity contribution in [2.45, 2.75) is 25.5 Å². The van der Waals surface area contributed by atoms with E-state index in [0.717, 1.165) is 17.9 Å². The van der Waals surface area contributed by atoms with E-state index in [4.69, 9.17) is 10.5 Å². The van der Waals surface area contributed by atoms with Gasteiger partial charge in [-0.15, -0.1) is 11.8 Å². The van der Waals surface area contributed by atoms with Gasteiger partial charge in [-0.2, -0.15) is 0 Å². The summed E-state index contributed by atoms with van der Waals surface area (Å²) in [5.74, 6) is 1.28. The van der Waals surface area contributed by atoms with Crippen LogP contribution in [0.1, 0.15) is 20.3 Å². The van der Waals surface area contributed by atoms with Crippen molar-refractivity contribution in [2.24, 2.45) is 5.73 Å². The van der Waals surface area contributed by atoms with E-state index in [1.165, 1.54) is 0 Å². The van der Waals surface area contributed by atoms with Crippen molar-refractivity contribution in [3.05, 3.63) is 24.3 Å².